The summed E-state index contributed by atoms with van der Waals surface area (Å²) < 4.78 is 10.7. The second-order valence-corrected chi connectivity index (χ2v) is 7.05. The van der Waals surface area contributed by atoms with Gasteiger partial charge in [-0.1, -0.05) is 18.2 Å². The lowest BCUT2D eigenvalue weighted by Gasteiger charge is -2.24. The molecule has 2 aromatic rings. The summed E-state index contributed by atoms with van der Waals surface area (Å²) in [5.41, 5.74) is 7.01. The highest BCUT2D eigenvalue weighted by Gasteiger charge is 2.40. The van der Waals surface area contributed by atoms with Gasteiger partial charge >= 0.3 is 6.03 Å². The molecule has 2 unspecified atom stereocenters. The number of nitrogens with zero attached hydrogens (tertiary/aromatic N) is 3. The topological polar surface area (TPSA) is 129 Å². The fraction of sp³-hybridized carbons (Fsp3) is 0.318. The maximum Gasteiger partial charge on any atom is 0.333 e. The molecule has 2 atom stereocenters. The minimum absolute atomic E-state index is 0. The molecule has 0 aromatic heterocycles. The number of nitrogens with two attached hydrogens (primary N) is 1. The minimum atomic E-state index is -0.878. The molecule has 1 fully saturated rings. The molecule has 10 heteroatoms. The molecule has 1 saturated heterocycles. The van der Waals surface area contributed by atoms with Crippen molar-refractivity contribution in [2.45, 2.75) is 25.1 Å². The van der Waals surface area contributed by atoms with E-state index in [0.29, 0.717) is 22.7 Å². The smallest absolute Gasteiger partial charge is 0.333 e. The summed E-state index contributed by atoms with van der Waals surface area (Å²) in [6.07, 6.45) is -1.34. The third-order valence-electron chi connectivity index (χ3n) is 4.93. The summed E-state index contributed by atoms with van der Waals surface area (Å²) in [5, 5.41) is 19.3. The Hall–Kier alpha value is -3.32. The van der Waals surface area contributed by atoms with Gasteiger partial charge in [0.1, 0.15) is 30.7 Å². The summed E-state index contributed by atoms with van der Waals surface area (Å²) in [4.78, 5) is 27.5. The Bertz CT molecular complexity index is 996. The number of imide groups is 1. The van der Waals surface area contributed by atoms with Crippen molar-refractivity contribution < 1.29 is 24.2 Å². The first-order valence-corrected chi connectivity index (χ1v) is 9.77. The molecule has 0 radical (unpaired) electrons. The van der Waals surface area contributed by atoms with Gasteiger partial charge in [0.15, 0.2) is 0 Å². The third-order valence-corrected chi connectivity index (χ3v) is 4.93. The number of ether oxygens (including phenoxy) is 2. The Kier molecular flexibility index (Phi) is 8.84. The van der Waals surface area contributed by atoms with Gasteiger partial charge < -0.3 is 20.3 Å². The minimum Gasteiger partial charge on any atom is -0.497 e. The zero-order chi connectivity index (χ0) is 22.4. The van der Waals surface area contributed by atoms with Crippen LogP contribution >= 0.6 is 12.4 Å². The number of para-hydroxylation sites is 1. The molecule has 170 valence electrons. The van der Waals surface area contributed by atoms with E-state index >= 15 is 0 Å². The van der Waals surface area contributed by atoms with Crippen molar-refractivity contribution in [2.75, 3.05) is 25.2 Å². The van der Waals surface area contributed by atoms with E-state index in [2.05, 4.69) is 0 Å². The molecular formula is C22H25ClN4O5. The number of aliphatic hydroxyl groups excluding tert-OH is 1. The van der Waals surface area contributed by atoms with E-state index in [1.165, 1.54) is 12.0 Å². The normalized spacial score (nSPS) is 15.1. The van der Waals surface area contributed by atoms with Gasteiger partial charge in [-0.15, -0.1) is 12.4 Å². The zero-order valence-electron chi connectivity index (χ0n) is 17.5. The molecule has 0 saturated carbocycles. The van der Waals surface area contributed by atoms with Crippen LogP contribution in [-0.2, 0) is 4.79 Å². The van der Waals surface area contributed by atoms with Gasteiger partial charge in [-0.25, -0.2) is 9.69 Å². The van der Waals surface area contributed by atoms with Gasteiger partial charge in [0.05, 0.1) is 24.9 Å². The second kappa shape index (κ2) is 11.3. The van der Waals surface area contributed by atoms with Gasteiger partial charge in [0.25, 0.3) is 5.91 Å². The highest BCUT2D eigenvalue weighted by molar-refractivity contribution is 6.12. The molecule has 9 nitrogen and oxygen atoms in total. The summed E-state index contributed by atoms with van der Waals surface area (Å²) in [5.74, 6) is 0.544. The number of anilines is 1. The van der Waals surface area contributed by atoms with Crippen LogP contribution in [0.5, 0.6) is 11.5 Å². The maximum atomic E-state index is 12.8. The summed E-state index contributed by atoms with van der Waals surface area (Å²) in [7, 11) is 1.52. The molecule has 0 spiro atoms. The number of carbonyl (C=O) groups excluding carboxylic acids is 2. The van der Waals surface area contributed by atoms with E-state index in [-0.39, 0.29) is 38.4 Å². The Balaban J connectivity index is 0.00000363. The summed E-state index contributed by atoms with van der Waals surface area (Å²) >= 11 is 0. The highest BCUT2D eigenvalue weighted by atomic mass is 35.5. The first kappa shape index (κ1) is 24.9. The van der Waals surface area contributed by atoms with E-state index in [4.69, 9.17) is 20.5 Å². The molecule has 1 heterocycles. The van der Waals surface area contributed by atoms with E-state index in [1.54, 1.807) is 48.5 Å². The predicted molar refractivity (Wildman–Crippen MR) is 120 cm³/mol. The molecule has 3 rings (SSSR count). The van der Waals surface area contributed by atoms with Crippen LogP contribution in [0.15, 0.2) is 48.5 Å². The van der Waals surface area contributed by atoms with Gasteiger partial charge in [-0.2, -0.15) is 5.26 Å². The van der Waals surface area contributed by atoms with Gasteiger partial charge in [0.2, 0.25) is 0 Å². The second-order valence-electron chi connectivity index (χ2n) is 7.05. The first-order valence-electron chi connectivity index (χ1n) is 9.77. The van der Waals surface area contributed by atoms with Crippen molar-refractivity contribution in [3.05, 3.63) is 54.1 Å². The van der Waals surface area contributed by atoms with Crippen LogP contribution in [0.2, 0.25) is 0 Å². The lowest BCUT2D eigenvalue weighted by atomic mass is 10.1. The van der Waals surface area contributed by atoms with Crippen molar-refractivity contribution in [1.29, 1.82) is 5.26 Å². The van der Waals surface area contributed by atoms with Crippen LogP contribution in [0.25, 0.3) is 0 Å². The first-order chi connectivity index (χ1) is 14.9. The number of carbonyl (C=O) groups is 2. The van der Waals surface area contributed by atoms with E-state index in [0.717, 1.165) is 4.90 Å². The van der Waals surface area contributed by atoms with Crippen LogP contribution < -0.4 is 20.1 Å². The fourth-order valence-corrected chi connectivity index (χ4v) is 3.27. The molecule has 0 aliphatic carbocycles. The molecule has 2 aromatic carbocycles. The Morgan fingerprint density at radius 3 is 2.66 bits per heavy atom. The third kappa shape index (κ3) is 5.68. The number of amides is 3. The Morgan fingerprint density at radius 1 is 1.19 bits per heavy atom. The Labute approximate surface area is 192 Å². The van der Waals surface area contributed by atoms with Gasteiger partial charge in [-0.3, -0.25) is 9.69 Å². The molecule has 32 heavy (non-hydrogen) atoms. The van der Waals surface area contributed by atoms with E-state index in [1.807, 2.05) is 6.07 Å². The molecule has 1 aliphatic heterocycles. The van der Waals surface area contributed by atoms with E-state index < -0.39 is 24.2 Å². The van der Waals surface area contributed by atoms with Crippen LogP contribution in [0, 0.1) is 11.3 Å². The van der Waals surface area contributed by atoms with Crippen molar-refractivity contribution in [3.63, 3.8) is 0 Å². The van der Waals surface area contributed by atoms with Gasteiger partial charge in [0, 0.05) is 11.8 Å². The summed E-state index contributed by atoms with van der Waals surface area (Å²) in [6, 6.07) is 15.1. The van der Waals surface area contributed by atoms with Crippen LogP contribution in [0.4, 0.5) is 10.5 Å². The van der Waals surface area contributed by atoms with Crippen molar-refractivity contribution in [1.82, 2.24) is 4.90 Å². The lowest BCUT2D eigenvalue weighted by Crippen LogP contribution is -2.47. The van der Waals surface area contributed by atoms with Crippen LogP contribution in [0.3, 0.4) is 0 Å². The number of methoxy groups -OCH3 is 1. The fourth-order valence-electron chi connectivity index (χ4n) is 3.27. The molecule has 3 amide bonds. The van der Waals surface area contributed by atoms with Crippen LogP contribution in [0.1, 0.15) is 18.4 Å². The SMILES string of the molecule is COc1cccc(N2CC(=O)N(C(N)CCC(O)COc3ccccc3C#N)C2=O)c1.Cl. The molecular weight excluding hydrogens is 436 g/mol. The van der Waals surface area contributed by atoms with Crippen LogP contribution in [-0.4, -0.2) is 54.5 Å². The Morgan fingerprint density at radius 2 is 1.94 bits per heavy atom. The van der Waals surface area contributed by atoms with Crippen molar-refractivity contribution >= 4 is 30.0 Å². The summed E-state index contributed by atoms with van der Waals surface area (Å²) in [6.45, 7) is -0.153. The van der Waals surface area contributed by atoms with Gasteiger partial charge in [-0.05, 0) is 37.1 Å². The number of hydrogen-bond donors (Lipinski definition) is 2. The average Bonchev–Trinajstić information content (AvgIpc) is 3.10. The largest absolute Gasteiger partial charge is 0.497 e. The number of rotatable bonds is 9. The number of urea groups is 1. The maximum absolute atomic E-state index is 12.8. The quantitative estimate of drug-likeness (QED) is 0.549. The lowest BCUT2D eigenvalue weighted by molar-refractivity contribution is -0.126. The molecule has 0 bridgehead atoms. The zero-order valence-corrected chi connectivity index (χ0v) is 18.3. The highest BCUT2D eigenvalue weighted by Crippen LogP contribution is 2.26. The van der Waals surface area contributed by atoms with Crippen molar-refractivity contribution in [2.24, 2.45) is 5.73 Å². The number of hydrogen-bond acceptors (Lipinski definition) is 7. The number of benzene rings is 2. The number of aliphatic hydroxyl groups is 1. The average molecular weight is 461 g/mol. The standard InChI is InChI=1S/C22H24N4O5.ClH/c1-30-18-7-4-6-16(11-18)25-13-21(28)26(22(25)29)20(24)10-9-17(27)14-31-19-8-3-2-5-15(19)12-23;/h2-8,11,17,20,27H,9-10,13-14,24H2,1H3;1H. The number of nitriles is 1. The number of halogens is 1. The molecule has 3 N–H and O–H groups in total. The van der Waals surface area contributed by atoms with E-state index in [9.17, 15) is 14.7 Å². The predicted octanol–water partition coefficient (Wildman–Crippen LogP) is 2.26. The molecule has 1 aliphatic rings. The van der Waals surface area contributed by atoms with Crippen molar-refractivity contribution in [3.8, 4) is 17.6 Å². The monoisotopic (exact) mass is 460 g/mol.